The van der Waals surface area contributed by atoms with Gasteiger partial charge >= 0.3 is 0 Å². The maximum atomic E-state index is 13.7. The van der Waals surface area contributed by atoms with Crippen LogP contribution < -0.4 is 0 Å². The number of halogens is 3. The molecule has 0 atom stereocenters. The number of methoxy groups -OCH3 is 1. The Bertz CT molecular complexity index is 647. The zero-order valence-electron chi connectivity index (χ0n) is 11.1. The van der Waals surface area contributed by atoms with Gasteiger partial charge < -0.3 is 4.74 Å². The summed E-state index contributed by atoms with van der Waals surface area (Å²) >= 11 is 11.3. The molecule has 21 heavy (non-hydrogen) atoms. The quantitative estimate of drug-likeness (QED) is 0.705. The lowest BCUT2D eigenvalue weighted by Crippen LogP contribution is -2.35. The Kier molecular flexibility index (Phi) is 6.84. The topological polar surface area (TPSA) is 70.4 Å². The third kappa shape index (κ3) is 4.28. The van der Waals surface area contributed by atoms with E-state index in [1.54, 1.807) is 0 Å². The molecule has 1 aromatic rings. The molecular formula is C12H13Cl2FN2O3S. The lowest BCUT2D eigenvalue weighted by molar-refractivity contribution is 0.179. The summed E-state index contributed by atoms with van der Waals surface area (Å²) in [6, 6.07) is 4.11. The summed E-state index contributed by atoms with van der Waals surface area (Å²) in [4.78, 5) is -0.389. The average Bonchev–Trinajstić information content (AvgIpc) is 2.44. The molecule has 0 bridgehead atoms. The van der Waals surface area contributed by atoms with Crippen molar-refractivity contribution in [3.8, 4) is 6.07 Å². The van der Waals surface area contributed by atoms with Gasteiger partial charge in [0, 0.05) is 26.6 Å². The fourth-order valence-electron chi connectivity index (χ4n) is 1.57. The molecule has 0 radical (unpaired) electrons. The lowest BCUT2D eigenvalue weighted by atomic mass is 10.3. The van der Waals surface area contributed by atoms with Crippen molar-refractivity contribution in [2.45, 2.75) is 11.3 Å². The largest absolute Gasteiger partial charge is 0.383 e. The molecule has 0 aliphatic rings. The van der Waals surface area contributed by atoms with E-state index in [-0.39, 0.29) is 36.0 Å². The molecule has 116 valence electrons. The van der Waals surface area contributed by atoms with E-state index in [0.717, 1.165) is 16.4 Å². The van der Waals surface area contributed by atoms with Crippen LogP contribution in [0.1, 0.15) is 6.42 Å². The summed E-state index contributed by atoms with van der Waals surface area (Å²) in [6.07, 6.45) is -0.00334. The van der Waals surface area contributed by atoms with E-state index >= 15 is 0 Å². The number of nitriles is 1. The Morgan fingerprint density at radius 3 is 2.62 bits per heavy atom. The van der Waals surface area contributed by atoms with E-state index in [4.69, 9.17) is 33.2 Å². The summed E-state index contributed by atoms with van der Waals surface area (Å²) < 4.78 is 44.5. The third-order valence-corrected chi connectivity index (χ3v) is 5.35. The SMILES string of the molecule is COCCN(CCC#N)S(=O)(=O)c1ccc(Cl)c(F)c1Cl. The summed E-state index contributed by atoms with van der Waals surface area (Å²) in [5.74, 6) is -0.994. The number of rotatable bonds is 7. The van der Waals surface area contributed by atoms with Crippen molar-refractivity contribution in [3.05, 3.63) is 28.0 Å². The van der Waals surface area contributed by atoms with Crippen LogP contribution in [0.25, 0.3) is 0 Å². The van der Waals surface area contributed by atoms with Gasteiger partial charge in [0.15, 0.2) is 5.82 Å². The van der Waals surface area contributed by atoms with Crippen molar-refractivity contribution in [3.63, 3.8) is 0 Å². The van der Waals surface area contributed by atoms with Crippen molar-refractivity contribution in [2.24, 2.45) is 0 Å². The first-order valence-corrected chi connectivity index (χ1v) is 8.05. The van der Waals surface area contributed by atoms with E-state index in [1.165, 1.54) is 7.11 Å². The van der Waals surface area contributed by atoms with E-state index in [1.807, 2.05) is 6.07 Å². The number of hydrogen-bond acceptors (Lipinski definition) is 4. The van der Waals surface area contributed by atoms with Gasteiger partial charge in [-0.05, 0) is 12.1 Å². The number of benzene rings is 1. The van der Waals surface area contributed by atoms with Gasteiger partial charge in [-0.15, -0.1) is 0 Å². The Labute approximate surface area is 132 Å². The summed E-state index contributed by atoms with van der Waals surface area (Å²) in [5, 5.41) is 7.77. The van der Waals surface area contributed by atoms with Crippen molar-refractivity contribution in [1.29, 1.82) is 5.26 Å². The molecule has 0 aliphatic carbocycles. The molecule has 0 saturated carbocycles. The maximum absolute atomic E-state index is 13.7. The zero-order valence-corrected chi connectivity index (χ0v) is 13.5. The first kappa shape index (κ1) is 18.1. The predicted octanol–water partition coefficient (Wildman–Crippen LogP) is 2.68. The fourth-order valence-corrected chi connectivity index (χ4v) is 3.71. The van der Waals surface area contributed by atoms with Crippen LogP contribution in [0.5, 0.6) is 0 Å². The second kappa shape index (κ2) is 7.92. The van der Waals surface area contributed by atoms with E-state index in [0.29, 0.717) is 0 Å². The van der Waals surface area contributed by atoms with Crippen LogP contribution in [0.3, 0.4) is 0 Å². The standard InChI is InChI=1S/C12H13Cl2FN2O3S/c1-20-8-7-17(6-2-5-16)21(18,19)10-4-3-9(13)12(15)11(10)14/h3-4H,2,6-8H2,1H3. The molecule has 0 aliphatic heterocycles. The van der Waals surface area contributed by atoms with Crippen molar-refractivity contribution in [1.82, 2.24) is 4.31 Å². The molecule has 0 saturated heterocycles. The summed E-state index contributed by atoms with van der Waals surface area (Å²) in [7, 11) is -2.62. The first-order chi connectivity index (χ1) is 9.86. The van der Waals surface area contributed by atoms with Crippen LogP contribution in [0.4, 0.5) is 4.39 Å². The third-order valence-electron chi connectivity index (χ3n) is 2.64. The molecule has 9 heteroatoms. The fraction of sp³-hybridized carbons (Fsp3) is 0.417. The molecule has 1 aromatic carbocycles. The highest BCUT2D eigenvalue weighted by atomic mass is 35.5. The number of nitrogens with zero attached hydrogens (tertiary/aromatic N) is 2. The maximum Gasteiger partial charge on any atom is 0.244 e. The van der Waals surface area contributed by atoms with Crippen LogP contribution in [0.2, 0.25) is 10.0 Å². The van der Waals surface area contributed by atoms with Gasteiger partial charge in [0.25, 0.3) is 0 Å². The number of sulfonamides is 1. The van der Waals surface area contributed by atoms with Crippen molar-refractivity contribution in [2.75, 3.05) is 26.8 Å². The van der Waals surface area contributed by atoms with Gasteiger partial charge in [-0.2, -0.15) is 9.57 Å². The Morgan fingerprint density at radius 2 is 2.05 bits per heavy atom. The highest BCUT2D eigenvalue weighted by Crippen LogP contribution is 2.31. The van der Waals surface area contributed by atoms with E-state index < -0.39 is 20.9 Å². The minimum absolute atomic E-state index is 0.00334. The van der Waals surface area contributed by atoms with Gasteiger partial charge in [-0.3, -0.25) is 0 Å². The minimum Gasteiger partial charge on any atom is -0.383 e. The van der Waals surface area contributed by atoms with Crippen LogP contribution in [0, 0.1) is 17.1 Å². The van der Waals surface area contributed by atoms with Crippen LogP contribution in [-0.2, 0) is 14.8 Å². The molecule has 0 aromatic heterocycles. The average molecular weight is 355 g/mol. The van der Waals surface area contributed by atoms with Crippen LogP contribution in [0.15, 0.2) is 17.0 Å². The lowest BCUT2D eigenvalue weighted by Gasteiger charge is -2.21. The van der Waals surface area contributed by atoms with Gasteiger partial charge in [0.2, 0.25) is 10.0 Å². The van der Waals surface area contributed by atoms with E-state index in [9.17, 15) is 12.8 Å². The molecule has 0 amide bonds. The Hall–Kier alpha value is -0.910. The monoisotopic (exact) mass is 354 g/mol. The zero-order chi connectivity index (χ0) is 16.0. The molecular weight excluding hydrogens is 342 g/mol. The summed E-state index contributed by atoms with van der Waals surface area (Å²) in [5.41, 5.74) is 0. The molecule has 0 N–H and O–H groups in total. The Balaban J connectivity index is 3.22. The van der Waals surface area contributed by atoms with Gasteiger partial charge in [0.05, 0.1) is 22.7 Å². The van der Waals surface area contributed by atoms with Crippen molar-refractivity contribution >= 4 is 33.2 Å². The van der Waals surface area contributed by atoms with E-state index in [2.05, 4.69) is 0 Å². The van der Waals surface area contributed by atoms with Crippen molar-refractivity contribution < 1.29 is 17.5 Å². The van der Waals surface area contributed by atoms with Gasteiger partial charge in [-0.25, -0.2) is 12.8 Å². The van der Waals surface area contributed by atoms with Gasteiger partial charge in [0.1, 0.15) is 4.90 Å². The molecule has 1 rings (SSSR count). The molecule has 0 fully saturated rings. The molecule has 5 nitrogen and oxygen atoms in total. The summed E-state index contributed by atoms with van der Waals surface area (Å²) in [6.45, 7) is 0.127. The Morgan fingerprint density at radius 1 is 1.38 bits per heavy atom. The second-order valence-electron chi connectivity index (χ2n) is 3.98. The molecule has 0 unspecified atom stereocenters. The minimum atomic E-state index is -4.04. The highest BCUT2D eigenvalue weighted by Gasteiger charge is 2.28. The number of hydrogen-bond donors (Lipinski definition) is 0. The highest BCUT2D eigenvalue weighted by molar-refractivity contribution is 7.89. The smallest absolute Gasteiger partial charge is 0.244 e. The second-order valence-corrected chi connectivity index (χ2v) is 6.67. The van der Waals surface area contributed by atoms with Gasteiger partial charge in [-0.1, -0.05) is 23.2 Å². The number of ether oxygens (including phenoxy) is 1. The normalized spacial score (nSPS) is 11.6. The predicted molar refractivity (Wildman–Crippen MR) is 77.3 cm³/mol. The van der Waals surface area contributed by atoms with Crippen LogP contribution >= 0.6 is 23.2 Å². The molecule has 0 heterocycles. The molecule has 0 spiro atoms. The first-order valence-electron chi connectivity index (χ1n) is 5.85. The van der Waals surface area contributed by atoms with Crippen LogP contribution in [-0.4, -0.2) is 39.5 Å².